The molecule has 0 radical (unpaired) electrons. The second kappa shape index (κ2) is 6.21. The predicted molar refractivity (Wildman–Crippen MR) is 102 cm³/mol. The SMILES string of the molecule is Cc1cnc2[nH]cc(-c3ccn4ncc(C(=O)N5CCOCC5)c4c3)c2c1. The normalized spacial score (nSPS) is 14.9. The number of fused-ring (bicyclic) bond motifs is 2. The Labute approximate surface area is 155 Å². The van der Waals surface area contributed by atoms with Crippen LogP contribution in [0.4, 0.5) is 0 Å². The van der Waals surface area contributed by atoms with Crippen LogP contribution < -0.4 is 0 Å². The molecule has 1 fully saturated rings. The van der Waals surface area contributed by atoms with Crippen LogP contribution in [0.5, 0.6) is 0 Å². The number of nitrogens with one attached hydrogen (secondary N) is 1. The van der Waals surface area contributed by atoms with E-state index in [1.165, 1.54) is 0 Å². The van der Waals surface area contributed by atoms with Crippen molar-refractivity contribution in [3.8, 4) is 11.1 Å². The van der Waals surface area contributed by atoms with Crippen molar-refractivity contribution < 1.29 is 9.53 Å². The van der Waals surface area contributed by atoms with Crippen molar-refractivity contribution in [2.24, 2.45) is 0 Å². The molecule has 0 bridgehead atoms. The number of aromatic amines is 1. The second-order valence-electron chi connectivity index (χ2n) is 6.82. The average Bonchev–Trinajstić information content (AvgIpc) is 3.31. The number of pyridine rings is 2. The molecule has 0 unspecified atom stereocenters. The first kappa shape index (κ1) is 16.0. The number of ether oxygens (including phenoxy) is 1. The number of amides is 1. The molecule has 136 valence electrons. The van der Waals surface area contributed by atoms with Gasteiger partial charge in [-0.1, -0.05) is 0 Å². The van der Waals surface area contributed by atoms with Gasteiger partial charge in [0.1, 0.15) is 5.65 Å². The molecule has 4 aromatic rings. The highest BCUT2D eigenvalue weighted by atomic mass is 16.5. The van der Waals surface area contributed by atoms with Gasteiger partial charge in [0.15, 0.2) is 0 Å². The highest BCUT2D eigenvalue weighted by Crippen LogP contribution is 2.29. The molecule has 7 nitrogen and oxygen atoms in total. The minimum absolute atomic E-state index is 0.00175. The molecule has 1 aliphatic heterocycles. The fourth-order valence-corrected chi connectivity index (χ4v) is 3.60. The smallest absolute Gasteiger partial charge is 0.257 e. The van der Waals surface area contributed by atoms with Crippen LogP contribution in [0.15, 0.2) is 43.0 Å². The summed E-state index contributed by atoms with van der Waals surface area (Å²) in [7, 11) is 0. The van der Waals surface area contributed by atoms with E-state index in [1.54, 1.807) is 10.7 Å². The zero-order chi connectivity index (χ0) is 18.4. The van der Waals surface area contributed by atoms with Crippen molar-refractivity contribution >= 4 is 22.5 Å². The molecule has 1 amide bonds. The molecule has 27 heavy (non-hydrogen) atoms. The van der Waals surface area contributed by atoms with Gasteiger partial charge in [0.2, 0.25) is 0 Å². The van der Waals surface area contributed by atoms with Crippen molar-refractivity contribution in [3.63, 3.8) is 0 Å². The number of carbonyl (C=O) groups is 1. The van der Waals surface area contributed by atoms with E-state index in [0.29, 0.717) is 31.9 Å². The van der Waals surface area contributed by atoms with Crippen molar-refractivity contribution in [3.05, 3.63) is 54.1 Å². The number of H-pyrrole nitrogens is 1. The van der Waals surface area contributed by atoms with E-state index < -0.39 is 0 Å². The van der Waals surface area contributed by atoms with Gasteiger partial charge in [-0.05, 0) is 36.2 Å². The highest BCUT2D eigenvalue weighted by Gasteiger charge is 2.22. The van der Waals surface area contributed by atoms with Gasteiger partial charge < -0.3 is 14.6 Å². The minimum Gasteiger partial charge on any atom is -0.378 e. The number of carbonyl (C=O) groups excluding carboxylic acids is 1. The van der Waals surface area contributed by atoms with Crippen LogP contribution in [0.2, 0.25) is 0 Å². The minimum atomic E-state index is 0.00175. The standard InChI is InChI=1S/C20H19N5O2/c1-13-8-15-16(11-22-19(15)21-10-13)14-2-3-25-18(9-14)17(12-23-25)20(26)24-4-6-27-7-5-24/h2-3,8-12H,4-7H2,1H3,(H,21,22). The Hall–Kier alpha value is -3.19. The Bertz CT molecular complexity index is 1150. The molecule has 0 atom stereocenters. The number of aromatic nitrogens is 4. The van der Waals surface area contributed by atoms with Gasteiger partial charge in [-0.2, -0.15) is 5.10 Å². The summed E-state index contributed by atoms with van der Waals surface area (Å²) in [6, 6.07) is 6.15. The largest absolute Gasteiger partial charge is 0.378 e. The van der Waals surface area contributed by atoms with Crippen molar-refractivity contribution in [1.29, 1.82) is 0 Å². The molecule has 5 rings (SSSR count). The van der Waals surface area contributed by atoms with Gasteiger partial charge in [0.05, 0.1) is 30.5 Å². The van der Waals surface area contributed by atoms with E-state index in [1.807, 2.05) is 42.5 Å². The molecule has 0 saturated carbocycles. The number of aryl methyl sites for hydroxylation is 1. The van der Waals surface area contributed by atoms with Crippen LogP contribution in [0.1, 0.15) is 15.9 Å². The molecule has 5 heterocycles. The van der Waals surface area contributed by atoms with E-state index in [4.69, 9.17) is 4.74 Å². The van der Waals surface area contributed by atoms with Gasteiger partial charge in [0.25, 0.3) is 5.91 Å². The third-order valence-corrected chi connectivity index (χ3v) is 5.03. The summed E-state index contributed by atoms with van der Waals surface area (Å²) in [4.78, 5) is 22.4. The van der Waals surface area contributed by atoms with Crippen LogP contribution in [0.25, 0.3) is 27.7 Å². The maximum Gasteiger partial charge on any atom is 0.257 e. The molecule has 1 N–H and O–H groups in total. The molecule has 1 aliphatic rings. The first-order chi connectivity index (χ1) is 13.2. The zero-order valence-electron chi connectivity index (χ0n) is 15.0. The Morgan fingerprint density at radius 2 is 2.07 bits per heavy atom. The van der Waals surface area contributed by atoms with Gasteiger partial charge >= 0.3 is 0 Å². The molecule has 7 heteroatoms. The maximum atomic E-state index is 12.9. The van der Waals surface area contributed by atoms with Crippen LogP contribution >= 0.6 is 0 Å². The van der Waals surface area contributed by atoms with E-state index in [-0.39, 0.29) is 5.91 Å². The van der Waals surface area contributed by atoms with Crippen LogP contribution in [-0.4, -0.2) is 56.7 Å². The number of nitrogens with zero attached hydrogens (tertiary/aromatic N) is 4. The van der Waals surface area contributed by atoms with Crippen molar-refractivity contribution in [2.75, 3.05) is 26.3 Å². The summed E-state index contributed by atoms with van der Waals surface area (Å²) in [5, 5.41) is 5.42. The lowest BCUT2D eigenvalue weighted by atomic mass is 10.0. The highest BCUT2D eigenvalue weighted by molar-refractivity contribution is 6.02. The van der Waals surface area contributed by atoms with Gasteiger partial charge in [-0.3, -0.25) is 4.79 Å². The van der Waals surface area contributed by atoms with Gasteiger partial charge in [-0.25, -0.2) is 9.50 Å². The lowest BCUT2D eigenvalue weighted by molar-refractivity contribution is 0.0304. The Morgan fingerprint density at radius 1 is 1.22 bits per heavy atom. The summed E-state index contributed by atoms with van der Waals surface area (Å²) in [5.41, 5.74) is 5.48. The molecular formula is C20H19N5O2. The Morgan fingerprint density at radius 3 is 2.93 bits per heavy atom. The van der Waals surface area contributed by atoms with E-state index in [9.17, 15) is 4.79 Å². The zero-order valence-corrected chi connectivity index (χ0v) is 15.0. The van der Waals surface area contributed by atoms with Crippen molar-refractivity contribution in [1.82, 2.24) is 24.5 Å². The first-order valence-corrected chi connectivity index (χ1v) is 8.99. The van der Waals surface area contributed by atoms with Crippen LogP contribution in [0.3, 0.4) is 0 Å². The fourth-order valence-electron chi connectivity index (χ4n) is 3.60. The molecule has 0 spiro atoms. The molecule has 4 aromatic heterocycles. The third-order valence-electron chi connectivity index (χ3n) is 5.03. The predicted octanol–water partition coefficient (Wildman–Crippen LogP) is 2.66. The Kier molecular flexibility index (Phi) is 3.68. The van der Waals surface area contributed by atoms with Crippen LogP contribution in [-0.2, 0) is 4.74 Å². The summed E-state index contributed by atoms with van der Waals surface area (Å²) < 4.78 is 7.09. The second-order valence-corrected chi connectivity index (χ2v) is 6.82. The number of hydrogen-bond acceptors (Lipinski definition) is 4. The van der Waals surface area contributed by atoms with Crippen molar-refractivity contribution in [2.45, 2.75) is 6.92 Å². The van der Waals surface area contributed by atoms with Crippen LogP contribution in [0, 0.1) is 6.92 Å². The monoisotopic (exact) mass is 361 g/mol. The summed E-state index contributed by atoms with van der Waals surface area (Å²) in [6.07, 6.45) is 7.35. The molecule has 1 saturated heterocycles. The maximum absolute atomic E-state index is 12.9. The number of hydrogen-bond donors (Lipinski definition) is 1. The summed E-state index contributed by atoms with van der Waals surface area (Å²) >= 11 is 0. The fraction of sp³-hybridized carbons (Fsp3) is 0.250. The molecular weight excluding hydrogens is 342 g/mol. The van der Waals surface area contributed by atoms with E-state index >= 15 is 0 Å². The lowest BCUT2D eigenvalue weighted by Crippen LogP contribution is -2.40. The number of morpholine rings is 1. The lowest BCUT2D eigenvalue weighted by Gasteiger charge is -2.26. The summed E-state index contributed by atoms with van der Waals surface area (Å²) in [6.45, 7) is 4.42. The Balaban J connectivity index is 1.60. The molecule has 0 aromatic carbocycles. The summed E-state index contributed by atoms with van der Waals surface area (Å²) in [5.74, 6) is 0.00175. The third kappa shape index (κ3) is 2.67. The van der Waals surface area contributed by atoms with Gasteiger partial charge in [-0.15, -0.1) is 0 Å². The van der Waals surface area contributed by atoms with E-state index in [2.05, 4.69) is 21.1 Å². The first-order valence-electron chi connectivity index (χ1n) is 8.99. The average molecular weight is 361 g/mol. The van der Waals surface area contributed by atoms with Gasteiger partial charge in [0, 0.05) is 42.6 Å². The number of rotatable bonds is 2. The quantitative estimate of drug-likeness (QED) is 0.596. The van der Waals surface area contributed by atoms with E-state index in [0.717, 1.165) is 33.2 Å². The molecule has 0 aliphatic carbocycles. The topological polar surface area (TPSA) is 75.5 Å².